The summed E-state index contributed by atoms with van der Waals surface area (Å²) in [6, 6.07) is 11.9. The fourth-order valence-electron chi connectivity index (χ4n) is 4.37. The minimum Gasteiger partial charge on any atom is -0.492 e. The molecule has 0 spiro atoms. The molecule has 0 saturated carbocycles. The molecule has 31 heavy (non-hydrogen) atoms. The predicted molar refractivity (Wildman–Crippen MR) is 122 cm³/mol. The Morgan fingerprint density at radius 2 is 1.87 bits per heavy atom. The topological polar surface area (TPSA) is 68.5 Å². The molecule has 0 bridgehead atoms. The van der Waals surface area contributed by atoms with E-state index in [1.54, 1.807) is 0 Å². The van der Waals surface area contributed by atoms with Crippen molar-refractivity contribution in [2.75, 3.05) is 6.61 Å². The maximum Gasteiger partial charge on any atom is 0.341 e. The van der Waals surface area contributed by atoms with Crippen LogP contribution in [0.4, 0.5) is 0 Å². The van der Waals surface area contributed by atoms with Crippen LogP contribution in [0.15, 0.2) is 47.4 Å². The third-order valence-electron chi connectivity index (χ3n) is 5.66. The number of hydrogen-bond donors (Lipinski definition) is 1. The molecule has 5 heteroatoms. The SMILES string of the molecule is CCC.Cc1cccc(-c2cc3c(c4c2OCC4)CCn2cc(C(=O)O)c(=O)cc2-3)c1. The monoisotopic (exact) mass is 417 g/mol. The number of aromatic carboxylic acids is 1. The maximum atomic E-state index is 12.4. The van der Waals surface area contributed by atoms with Crippen LogP contribution in [0.2, 0.25) is 0 Å². The molecule has 0 saturated heterocycles. The number of carboxylic acid groups (broad SMARTS) is 1. The molecule has 5 nitrogen and oxygen atoms in total. The third-order valence-corrected chi connectivity index (χ3v) is 5.66. The van der Waals surface area contributed by atoms with E-state index in [-0.39, 0.29) is 5.56 Å². The second-order valence-electron chi connectivity index (χ2n) is 8.12. The van der Waals surface area contributed by atoms with Crippen molar-refractivity contribution in [3.8, 4) is 28.1 Å². The molecule has 2 aromatic carbocycles. The number of ether oxygens (including phenoxy) is 1. The van der Waals surface area contributed by atoms with Crippen molar-refractivity contribution in [1.29, 1.82) is 0 Å². The number of fused-ring (bicyclic) bond motifs is 5. The fraction of sp³-hybridized carbons (Fsp3) is 0.308. The maximum absolute atomic E-state index is 12.4. The van der Waals surface area contributed by atoms with Crippen molar-refractivity contribution in [2.45, 2.75) is 46.6 Å². The number of hydrogen-bond acceptors (Lipinski definition) is 3. The largest absolute Gasteiger partial charge is 0.492 e. The smallest absolute Gasteiger partial charge is 0.341 e. The standard InChI is InChI=1S/C23H19NO4.C3H8/c1-13-3-2-4-14(9-13)17-10-18-15(16-6-8-28-22(16)17)5-7-24-12-19(23(26)27)21(25)11-20(18)24;1-3-2/h2-4,9-12H,5-8H2,1H3,(H,26,27);3H2,1-2H3. The molecular weight excluding hydrogens is 390 g/mol. The summed E-state index contributed by atoms with van der Waals surface area (Å²) < 4.78 is 7.89. The molecular formula is C26H27NO4. The number of pyridine rings is 1. The summed E-state index contributed by atoms with van der Waals surface area (Å²) in [7, 11) is 0. The number of carboxylic acids is 1. The van der Waals surface area contributed by atoms with Crippen LogP contribution in [0.25, 0.3) is 22.4 Å². The first-order valence-electron chi connectivity index (χ1n) is 10.8. The quantitative estimate of drug-likeness (QED) is 0.630. The van der Waals surface area contributed by atoms with E-state index in [0.29, 0.717) is 13.2 Å². The molecule has 2 aliphatic heterocycles. The van der Waals surface area contributed by atoms with Crippen LogP contribution in [0.3, 0.4) is 0 Å². The Labute approximate surface area is 181 Å². The minimum absolute atomic E-state index is 0.185. The molecule has 5 rings (SSSR count). The highest BCUT2D eigenvalue weighted by Crippen LogP contribution is 2.45. The number of nitrogens with zero attached hydrogens (tertiary/aromatic N) is 1. The van der Waals surface area contributed by atoms with Gasteiger partial charge in [-0.3, -0.25) is 4.79 Å². The van der Waals surface area contributed by atoms with E-state index >= 15 is 0 Å². The summed E-state index contributed by atoms with van der Waals surface area (Å²) in [6.45, 7) is 7.62. The molecule has 2 aliphatic rings. The minimum atomic E-state index is -1.19. The molecule has 3 heterocycles. The highest BCUT2D eigenvalue weighted by molar-refractivity contribution is 5.88. The van der Waals surface area contributed by atoms with E-state index in [9.17, 15) is 14.7 Å². The van der Waals surface area contributed by atoms with E-state index in [0.717, 1.165) is 41.0 Å². The Hall–Kier alpha value is -3.34. The summed E-state index contributed by atoms with van der Waals surface area (Å²) in [5.74, 6) is -0.240. The van der Waals surface area contributed by atoms with Gasteiger partial charge in [-0.15, -0.1) is 0 Å². The average molecular weight is 418 g/mol. The number of aryl methyl sites for hydroxylation is 2. The summed E-state index contributed by atoms with van der Waals surface area (Å²) in [5, 5.41) is 9.28. The van der Waals surface area contributed by atoms with Crippen molar-refractivity contribution in [2.24, 2.45) is 0 Å². The zero-order chi connectivity index (χ0) is 22.1. The fourth-order valence-corrected chi connectivity index (χ4v) is 4.37. The molecule has 160 valence electrons. The molecule has 0 atom stereocenters. The van der Waals surface area contributed by atoms with Gasteiger partial charge in [0.05, 0.1) is 12.3 Å². The predicted octanol–water partition coefficient (Wildman–Crippen LogP) is 5.10. The number of rotatable bonds is 2. The van der Waals surface area contributed by atoms with Gasteiger partial charge in [0.25, 0.3) is 0 Å². The molecule has 0 aliphatic carbocycles. The van der Waals surface area contributed by atoms with E-state index in [4.69, 9.17) is 4.74 Å². The highest BCUT2D eigenvalue weighted by atomic mass is 16.5. The summed E-state index contributed by atoms with van der Waals surface area (Å²) in [4.78, 5) is 23.7. The van der Waals surface area contributed by atoms with Gasteiger partial charge in [-0.1, -0.05) is 50.1 Å². The molecule has 3 aromatic rings. The van der Waals surface area contributed by atoms with Gasteiger partial charge in [0, 0.05) is 41.9 Å². The molecule has 1 N–H and O–H groups in total. The van der Waals surface area contributed by atoms with Gasteiger partial charge in [-0.25, -0.2) is 4.79 Å². The zero-order valence-corrected chi connectivity index (χ0v) is 18.2. The lowest BCUT2D eigenvalue weighted by atomic mass is 9.87. The van der Waals surface area contributed by atoms with Gasteiger partial charge in [-0.2, -0.15) is 0 Å². The molecule has 0 fully saturated rings. The third kappa shape index (κ3) is 3.76. The van der Waals surface area contributed by atoms with Crippen LogP contribution in [0.1, 0.15) is 47.3 Å². The van der Waals surface area contributed by atoms with Gasteiger partial charge >= 0.3 is 5.97 Å². The first-order chi connectivity index (χ1) is 14.9. The van der Waals surface area contributed by atoms with Crippen molar-refractivity contribution in [3.05, 3.63) is 75.1 Å². The van der Waals surface area contributed by atoms with Crippen molar-refractivity contribution < 1.29 is 14.6 Å². The normalized spacial score (nSPS) is 13.3. The number of benzene rings is 2. The number of aromatic nitrogens is 1. The van der Waals surface area contributed by atoms with Gasteiger partial charge in [0.1, 0.15) is 11.3 Å². The van der Waals surface area contributed by atoms with E-state index in [1.165, 1.54) is 35.4 Å². The Bertz CT molecular complexity index is 1220. The van der Waals surface area contributed by atoms with Crippen molar-refractivity contribution in [1.82, 2.24) is 4.57 Å². The average Bonchev–Trinajstić information content (AvgIpc) is 3.23. The second kappa shape index (κ2) is 8.42. The number of carbonyl (C=O) groups is 1. The van der Waals surface area contributed by atoms with Crippen molar-refractivity contribution in [3.63, 3.8) is 0 Å². The summed E-state index contributed by atoms with van der Waals surface area (Å²) >= 11 is 0. The first-order valence-corrected chi connectivity index (χ1v) is 10.8. The first kappa shape index (κ1) is 20.9. The lowest BCUT2D eigenvalue weighted by molar-refractivity contribution is 0.0694. The van der Waals surface area contributed by atoms with Gasteiger partial charge < -0.3 is 14.4 Å². The molecule has 1 aromatic heterocycles. The van der Waals surface area contributed by atoms with Crippen LogP contribution < -0.4 is 10.2 Å². The van der Waals surface area contributed by atoms with Crippen LogP contribution in [0.5, 0.6) is 5.75 Å². The van der Waals surface area contributed by atoms with Crippen LogP contribution in [-0.2, 0) is 19.4 Å². The van der Waals surface area contributed by atoms with E-state index < -0.39 is 11.4 Å². The Morgan fingerprint density at radius 3 is 2.58 bits per heavy atom. The molecule has 0 unspecified atom stereocenters. The van der Waals surface area contributed by atoms with Crippen LogP contribution >= 0.6 is 0 Å². The Balaban J connectivity index is 0.000000730. The van der Waals surface area contributed by atoms with Crippen molar-refractivity contribution >= 4 is 5.97 Å². The zero-order valence-electron chi connectivity index (χ0n) is 18.2. The van der Waals surface area contributed by atoms with E-state index in [1.807, 2.05) is 10.6 Å². The van der Waals surface area contributed by atoms with Crippen LogP contribution in [0, 0.1) is 6.92 Å². The Morgan fingerprint density at radius 1 is 1.10 bits per heavy atom. The molecule has 0 amide bonds. The van der Waals surface area contributed by atoms with E-state index in [2.05, 4.69) is 45.0 Å². The van der Waals surface area contributed by atoms with Gasteiger partial charge in [-0.05, 0) is 30.5 Å². The van der Waals surface area contributed by atoms with Gasteiger partial charge in [0.2, 0.25) is 0 Å². The lowest BCUT2D eigenvalue weighted by Crippen LogP contribution is -2.22. The Kier molecular flexibility index (Phi) is 5.68. The summed E-state index contributed by atoms with van der Waals surface area (Å²) in [6.07, 6.45) is 4.37. The van der Waals surface area contributed by atoms with Crippen LogP contribution in [-0.4, -0.2) is 22.2 Å². The summed E-state index contributed by atoms with van der Waals surface area (Å²) in [5.41, 5.74) is 6.85. The van der Waals surface area contributed by atoms with Gasteiger partial charge in [0.15, 0.2) is 5.43 Å². The highest BCUT2D eigenvalue weighted by Gasteiger charge is 2.28. The molecule has 0 radical (unpaired) electrons. The second-order valence-corrected chi connectivity index (χ2v) is 8.12. The lowest BCUT2D eigenvalue weighted by Gasteiger charge is -2.25.